The monoisotopic (exact) mass is 202 g/mol. The normalized spacial score (nSPS) is 14.9. The van der Waals surface area contributed by atoms with Gasteiger partial charge < -0.3 is 4.57 Å². The minimum absolute atomic E-state index is 0.729. The molecule has 15 heavy (non-hydrogen) atoms. The lowest BCUT2D eigenvalue weighted by atomic mass is 10.2. The van der Waals surface area contributed by atoms with E-state index in [1.165, 1.54) is 23.9 Å². The third-order valence-electron chi connectivity index (χ3n) is 2.67. The highest BCUT2D eigenvalue weighted by Gasteiger charge is 2.24. The number of aromatic nitrogens is 2. The van der Waals surface area contributed by atoms with Gasteiger partial charge in [-0.1, -0.05) is 19.9 Å². The van der Waals surface area contributed by atoms with E-state index in [0.29, 0.717) is 0 Å². The fraction of sp³-hybridized carbons (Fsp3) is 0.462. The number of imidazole rings is 1. The Kier molecular flexibility index (Phi) is 2.76. The largest absolute Gasteiger partial charge is 0.327 e. The molecule has 0 saturated heterocycles. The van der Waals surface area contributed by atoms with Crippen LogP contribution in [-0.4, -0.2) is 9.55 Å². The maximum atomic E-state index is 4.38. The van der Waals surface area contributed by atoms with Crippen molar-refractivity contribution in [2.45, 2.75) is 39.7 Å². The highest BCUT2D eigenvalue weighted by Crippen LogP contribution is 2.37. The molecule has 1 heterocycles. The molecular formula is C13H18N2. The van der Waals surface area contributed by atoms with Crippen LogP contribution in [0.2, 0.25) is 0 Å². The quantitative estimate of drug-likeness (QED) is 0.689. The van der Waals surface area contributed by atoms with Gasteiger partial charge in [-0.05, 0) is 37.5 Å². The first-order valence-corrected chi connectivity index (χ1v) is 5.78. The Labute approximate surface area is 90.9 Å². The molecule has 2 heteroatoms. The predicted molar refractivity (Wildman–Crippen MR) is 64.1 cm³/mol. The highest BCUT2D eigenvalue weighted by atomic mass is 15.1. The van der Waals surface area contributed by atoms with Crippen LogP contribution < -0.4 is 0 Å². The van der Waals surface area contributed by atoms with Crippen LogP contribution in [0.15, 0.2) is 24.5 Å². The summed E-state index contributed by atoms with van der Waals surface area (Å²) < 4.78 is 2.31. The minimum Gasteiger partial charge on any atom is -0.327 e. The molecule has 1 fully saturated rings. The van der Waals surface area contributed by atoms with E-state index in [9.17, 15) is 0 Å². The Morgan fingerprint density at radius 2 is 2.00 bits per heavy atom. The predicted octanol–water partition coefficient (Wildman–Crippen LogP) is 3.71. The number of fused-ring (bicyclic) bond motifs is 1. The number of rotatable bonds is 1. The van der Waals surface area contributed by atoms with Gasteiger partial charge in [0.25, 0.3) is 0 Å². The van der Waals surface area contributed by atoms with E-state index in [2.05, 4.69) is 34.7 Å². The second kappa shape index (κ2) is 4.05. The van der Waals surface area contributed by atoms with Crippen LogP contribution in [0.4, 0.5) is 0 Å². The number of nitrogens with zero attached hydrogens (tertiary/aromatic N) is 2. The molecule has 0 unspecified atom stereocenters. The van der Waals surface area contributed by atoms with Gasteiger partial charge in [0.05, 0.1) is 17.4 Å². The van der Waals surface area contributed by atoms with E-state index in [-0.39, 0.29) is 0 Å². The van der Waals surface area contributed by atoms with E-state index in [1.807, 2.05) is 20.2 Å². The van der Waals surface area contributed by atoms with Crippen molar-refractivity contribution >= 4 is 11.0 Å². The van der Waals surface area contributed by atoms with Crippen LogP contribution in [0, 0.1) is 6.92 Å². The summed E-state index contributed by atoms with van der Waals surface area (Å²) >= 11 is 0. The maximum absolute atomic E-state index is 4.38. The fourth-order valence-corrected chi connectivity index (χ4v) is 1.78. The van der Waals surface area contributed by atoms with Crippen molar-refractivity contribution in [1.82, 2.24) is 9.55 Å². The van der Waals surface area contributed by atoms with E-state index in [1.54, 1.807) is 0 Å². The second-order valence-electron chi connectivity index (χ2n) is 3.88. The smallest absolute Gasteiger partial charge is 0.0960 e. The molecule has 3 rings (SSSR count). The number of hydrogen-bond donors (Lipinski definition) is 0. The van der Waals surface area contributed by atoms with Crippen LogP contribution in [-0.2, 0) is 0 Å². The molecule has 1 aliphatic rings. The van der Waals surface area contributed by atoms with Crippen LogP contribution in [0.3, 0.4) is 0 Å². The summed E-state index contributed by atoms with van der Waals surface area (Å²) in [6.07, 6.45) is 4.61. The Morgan fingerprint density at radius 1 is 1.27 bits per heavy atom. The molecule has 0 bridgehead atoms. The summed E-state index contributed by atoms with van der Waals surface area (Å²) in [5.74, 6) is 0. The van der Waals surface area contributed by atoms with Crippen molar-refractivity contribution in [3.8, 4) is 0 Å². The molecule has 2 nitrogen and oxygen atoms in total. The molecule has 1 aromatic carbocycles. The summed E-state index contributed by atoms with van der Waals surface area (Å²) in [7, 11) is 0. The Hall–Kier alpha value is -1.31. The fourth-order valence-electron chi connectivity index (χ4n) is 1.78. The number of benzene rings is 1. The van der Waals surface area contributed by atoms with Gasteiger partial charge in [-0.2, -0.15) is 0 Å². The number of hydrogen-bond acceptors (Lipinski definition) is 1. The zero-order chi connectivity index (χ0) is 10.8. The number of aryl methyl sites for hydroxylation is 1. The van der Waals surface area contributed by atoms with Crippen LogP contribution >= 0.6 is 0 Å². The van der Waals surface area contributed by atoms with E-state index < -0.39 is 0 Å². The van der Waals surface area contributed by atoms with Crippen molar-refractivity contribution < 1.29 is 0 Å². The first kappa shape index (κ1) is 10.2. The molecule has 0 N–H and O–H groups in total. The Balaban J connectivity index is 0.000000404. The van der Waals surface area contributed by atoms with Crippen molar-refractivity contribution in [3.05, 3.63) is 30.1 Å². The average molecular weight is 202 g/mol. The third-order valence-corrected chi connectivity index (χ3v) is 2.67. The highest BCUT2D eigenvalue weighted by molar-refractivity contribution is 5.76. The topological polar surface area (TPSA) is 17.8 Å². The first-order valence-electron chi connectivity index (χ1n) is 5.78. The van der Waals surface area contributed by atoms with Gasteiger partial charge in [0.15, 0.2) is 0 Å². The van der Waals surface area contributed by atoms with Gasteiger partial charge in [0, 0.05) is 6.04 Å². The van der Waals surface area contributed by atoms with Crippen molar-refractivity contribution in [1.29, 1.82) is 0 Å². The zero-order valence-electron chi connectivity index (χ0n) is 9.70. The Bertz CT molecular complexity index is 453. The van der Waals surface area contributed by atoms with Crippen molar-refractivity contribution in [3.63, 3.8) is 0 Å². The van der Waals surface area contributed by atoms with E-state index in [4.69, 9.17) is 0 Å². The maximum Gasteiger partial charge on any atom is 0.0960 e. The molecule has 1 aromatic heterocycles. The zero-order valence-corrected chi connectivity index (χ0v) is 9.70. The van der Waals surface area contributed by atoms with Gasteiger partial charge in [-0.25, -0.2) is 4.98 Å². The molecule has 1 aliphatic carbocycles. The SMILES string of the molecule is CC.Cc1ccc2ncn(C3CC3)c2c1. The van der Waals surface area contributed by atoms with Gasteiger partial charge >= 0.3 is 0 Å². The standard InChI is InChI=1S/C11H12N2.C2H6/c1-8-2-5-10-11(6-8)13(7-12-10)9-3-4-9;1-2/h2,5-7,9H,3-4H2,1H3;1-2H3. The second-order valence-corrected chi connectivity index (χ2v) is 3.88. The molecule has 80 valence electrons. The van der Waals surface area contributed by atoms with Crippen LogP contribution in [0.5, 0.6) is 0 Å². The lowest BCUT2D eigenvalue weighted by Gasteiger charge is -2.00. The summed E-state index contributed by atoms with van der Waals surface area (Å²) in [5.41, 5.74) is 3.73. The molecule has 0 amide bonds. The van der Waals surface area contributed by atoms with Gasteiger partial charge in [-0.15, -0.1) is 0 Å². The van der Waals surface area contributed by atoms with Crippen LogP contribution in [0.1, 0.15) is 38.3 Å². The first-order chi connectivity index (χ1) is 7.34. The third kappa shape index (κ3) is 1.89. The summed E-state index contributed by atoms with van der Waals surface area (Å²) in [4.78, 5) is 4.38. The van der Waals surface area contributed by atoms with Gasteiger partial charge in [0.2, 0.25) is 0 Å². The Morgan fingerprint density at radius 3 is 2.67 bits per heavy atom. The van der Waals surface area contributed by atoms with Gasteiger partial charge in [-0.3, -0.25) is 0 Å². The molecule has 0 radical (unpaired) electrons. The molecule has 0 atom stereocenters. The average Bonchev–Trinajstić information content (AvgIpc) is 3.03. The summed E-state index contributed by atoms with van der Waals surface area (Å²) in [5, 5.41) is 0. The molecule has 0 spiro atoms. The van der Waals surface area contributed by atoms with E-state index >= 15 is 0 Å². The lowest BCUT2D eigenvalue weighted by Crippen LogP contribution is -1.90. The van der Waals surface area contributed by atoms with Gasteiger partial charge in [0.1, 0.15) is 0 Å². The van der Waals surface area contributed by atoms with E-state index in [0.717, 1.165) is 11.6 Å². The molecular weight excluding hydrogens is 184 g/mol. The minimum atomic E-state index is 0.729. The summed E-state index contributed by atoms with van der Waals surface area (Å²) in [6, 6.07) is 7.17. The summed E-state index contributed by atoms with van der Waals surface area (Å²) in [6.45, 7) is 6.13. The molecule has 0 aliphatic heterocycles. The van der Waals surface area contributed by atoms with Crippen molar-refractivity contribution in [2.75, 3.05) is 0 Å². The van der Waals surface area contributed by atoms with Crippen LogP contribution in [0.25, 0.3) is 11.0 Å². The molecule has 2 aromatic rings. The van der Waals surface area contributed by atoms with Crippen molar-refractivity contribution in [2.24, 2.45) is 0 Å². The lowest BCUT2D eigenvalue weighted by molar-refractivity contribution is 0.765. The molecule has 1 saturated carbocycles.